The second-order valence-electron chi connectivity index (χ2n) is 6.69. The van der Waals surface area contributed by atoms with Crippen molar-refractivity contribution in [3.8, 4) is 0 Å². The largest absolute Gasteiger partial charge is 0.496 e. The number of benzene rings is 1. The van der Waals surface area contributed by atoms with E-state index < -0.39 is 5.82 Å². The molecule has 0 spiro atoms. The third-order valence-corrected chi connectivity index (χ3v) is 4.70. The van der Waals surface area contributed by atoms with Crippen molar-refractivity contribution in [2.75, 3.05) is 36.3 Å². The van der Waals surface area contributed by atoms with Gasteiger partial charge in [-0.05, 0) is 42.8 Å². The maximum absolute atomic E-state index is 14.3. The molecule has 3 N–H and O–H groups in total. The summed E-state index contributed by atoms with van der Waals surface area (Å²) in [5, 5.41) is 8.88. The number of aromatic nitrogens is 2. The number of halogens is 2. The number of amides is 1. The predicted molar refractivity (Wildman–Crippen MR) is 122 cm³/mol. The van der Waals surface area contributed by atoms with E-state index in [9.17, 15) is 9.18 Å². The lowest BCUT2D eigenvalue weighted by Gasteiger charge is -2.17. The molecular weight excluding hydrogens is 437 g/mol. The number of nitrogens with one attached hydrogen (secondary N) is 3. The molecule has 0 saturated carbocycles. The van der Waals surface area contributed by atoms with Crippen LogP contribution in [0.15, 0.2) is 60.7 Å². The number of rotatable bonds is 10. The molecule has 0 fully saturated rings. The fourth-order valence-electron chi connectivity index (χ4n) is 2.78. The molecule has 168 valence electrons. The summed E-state index contributed by atoms with van der Waals surface area (Å²) in [5.74, 6) is 0.00302. The number of anilines is 4. The molecule has 0 bridgehead atoms. The van der Waals surface area contributed by atoms with Gasteiger partial charge in [-0.25, -0.2) is 9.37 Å². The number of methoxy groups -OCH3 is 1. The highest BCUT2D eigenvalue weighted by molar-refractivity contribution is 6.33. The molecule has 2 aromatic rings. The summed E-state index contributed by atoms with van der Waals surface area (Å²) in [5.41, 5.74) is 1.71. The Morgan fingerprint density at radius 3 is 2.84 bits per heavy atom. The van der Waals surface area contributed by atoms with Crippen molar-refractivity contribution in [3.63, 3.8) is 0 Å². The highest BCUT2D eigenvalue weighted by atomic mass is 35.5. The van der Waals surface area contributed by atoms with Crippen molar-refractivity contribution < 1.29 is 18.7 Å². The Bertz CT molecular complexity index is 1060. The van der Waals surface area contributed by atoms with Gasteiger partial charge in [0.05, 0.1) is 29.3 Å². The molecule has 1 aromatic carbocycles. The van der Waals surface area contributed by atoms with E-state index in [0.717, 1.165) is 23.7 Å². The average molecular weight is 460 g/mol. The molecule has 32 heavy (non-hydrogen) atoms. The van der Waals surface area contributed by atoms with Crippen molar-refractivity contribution in [3.05, 3.63) is 71.5 Å². The van der Waals surface area contributed by atoms with Crippen LogP contribution in [0.2, 0.25) is 5.02 Å². The smallest absolute Gasteiger partial charge is 0.247 e. The van der Waals surface area contributed by atoms with Crippen LogP contribution in [0.1, 0.15) is 12.8 Å². The molecule has 0 unspecified atom stereocenters. The first-order chi connectivity index (χ1) is 15.5. The Labute approximate surface area is 190 Å². The highest BCUT2D eigenvalue weighted by Crippen LogP contribution is 2.29. The number of carbonyl (C=O) groups excluding carboxylic acids is 1. The number of nitrogens with zero attached hydrogens (tertiary/aromatic N) is 2. The lowest BCUT2D eigenvalue weighted by atomic mass is 10.1. The van der Waals surface area contributed by atoms with Gasteiger partial charge in [0.2, 0.25) is 11.9 Å². The van der Waals surface area contributed by atoms with E-state index in [-0.39, 0.29) is 17.7 Å². The van der Waals surface area contributed by atoms with Crippen molar-refractivity contribution >= 4 is 40.6 Å². The summed E-state index contributed by atoms with van der Waals surface area (Å²) in [6.45, 7) is 4.43. The molecule has 0 radical (unpaired) electrons. The number of hydrogen-bond acceptors (Lipinski definition) is 7. The Morgan fingerprint density at radius 1 is 1.28 bits per heavy atom. The van der Waals surface area contributed by atoms with E-state index in [2.05, 4.69) is 32.5 Å². The molecule has 1 aliphatic carbocycles. The third kappa shape index (κ3) is 6.53. The fraction of sp³-hybridized carbons (Fsp3) is 0.227. The number of hydrogen-bond donors (Lipinski definition) is 3. The molecule has 0 saturated heterocycles. The molecule has 1 amide bonds. The van der Waals surface area contributed by atoms with E-state index in [1.54, 1.807) is 25.3 Å². The number of allylic oxidation sites excluding steroid dienone is 4. The second kappa shape index (κ2) is 11.3. The fourth-order valence-corrected chi connectivity index (χ4v) is 2.94. The monoisotopic (exact) mass is 459 g/mol. The van der Waals surface area contributed by atoms with Gasteiger partial charge in [-0.3, -0.25) is 4.79 Å². The highest BCUT2D eigenvalue weighted by Gasteiger charge is 2.13. The maximum atomic E-state index is 14.3. The van der Waals surface area contributed by atoms with Crippen molar-refractivity contribution in [1.82, 2.24) is 9.97 Å². The lowest BCUT2D eigenvalue weighted by Crippen LogP contribution is -2.10. The first-order valence-electron chi connectivity index (χ1n) is 9.79. The van der Waals surface area contributed by atoms with E-state index in [0.29, 0.717) is 42.5 Å². The molecule has 0 atom stereocenters. The third-order valence-electron chi connectivity index (χ3n) is 4.37. The van der Waals surface area contributed by atoms with Crippen LogP contribution in [-0.4, -0.2) is 36.2 Å². The van der Waals surface area contributed by atoms with Crippen LogP contribution in [-0.2, 0) is 14.3 Å². The minimum absolute atomic E-state index is 0.0628. The van der Waals surface area contributed by atoms with Gasteiger partial charge in [-0.2, -0.15) is 4.98 Å². The summed E-state index contributed by atoms with van der Waals surface area (Å²) >= 11 is 6.21. The standard InChI is InChI=1S/C22H23ClFN5O3/c1-3-20(30)26-15-6-9-17(23)19(12-15)28-21-18(24)13-25-22(29-21)27-14-4-7-16(8-5-14)32-11-10-31-2/h3-4,6-7,9,12-13H,1,5,8,10-11H2,2H3,(H,26,30)(H2,25,27,28,29). The van der Waals surface area contributed by atoms with Crippen molar-refractivity contribution in [2.45, 2.75) is 12.8 Å². The SMILES string of the molecule is C=CC(=O)Nc1ccc(Cl)c(Nc2nc(NC3=CC=C(OCCOC)CC3)ncc2F)c1. The topological polar surface area (TPSA) is 97.4 Å². The zero-order valence-corrected chi connectivity index (χ0v) is 18.2. The van der Waals surface area contributed by atoms with Crippen LogP contribution in [0.5, 0.6) is 0 Å². The van der Waals surface area contributed by atoms with Crippen LogP contribution in [0.3, 0.4) is 0 Å². The molecule has 10 heteroatoms. The number of ether oxygens (including phenoxy) is 2. The molecule has 1 aliphatic rings. The molecule has 0 aliphatic heterocycles. The van der Waals surface area contributed by atoms with Gasteiger partial charge in [0.25, 0.3) is 0 Å². The predicted octanol–water partition coefficient (Wildman–Crippen LogP) is 4.77. The molecule has 8 nitrogen and oxygen atoms in total. The molecule has 1 heterocycles. The first-order valence-corrected chi connectivity index (χ1v) is 10.2. The summed E-state index contributed by atoms with van der Waals surface area (Å²) < 4.78 is 24.9. The normalized spacial score (nSPS) is 13.0. The van der Waals surface area contributed by atoms with E-state index in [4.69, 9.17) is 21.1 Å². The summed E-state index contributed by atoms with van der Waals surface area (Å²) in [4.78, 5) is 19.7. The summed E-state index contributed by atoms with van der Waals surface area (Å²) in [6.07, 6.45) is 7.36. The van der Waals surface area contributed by atoms with E-state index in [1.165, 1.54) is 0 Å². The van der Waals surface area contributed by atoms with Crippen LogP contribution < -0.4 is 16.0 Å². The molecular formula is C22H23ClFN5O3. The van der Waals surface area contributed by atoms with E-state index in [1.807, 2.05) is 12.2 Å². The Balaban J connectivity index is 1.71. The van der Waals surface area contributed by atoms with Gasteiger partial charge in [-0.15, -0.1) is 0 Å². The van der Waals surface area contributed by atoms with Gasteiger partial charge < -0.3 is 25.4 Å². The van der Waals surface area contributed by atoms with Crippen LogP contribution in [0.4, 0.5) is 27.5 Å². The van der Waals surface area contributed by atoms with Gasteiger partial charge in [0, 0.05) is 24.9 Å². The minimum Gasteiger partial charge on any atom is -0.496 e. The van der Waals surface area contributed by atoms with Crippen molar-refractivity contribution in [2.24, 2.45) is 0 Å². The zero-order valence-electron chi connectivity index (χ0n) is 17.5. The maximum Gasteiger partial charge on any atom is 0.247 e. The van der Waals surface area contributed by atoms with Crippen LogP contribution in [0.25, 0.3) is 0 Å². The van der Waals surface area contributed by atoms with Gasteiger partial charge in [0.15, 0.2) is 11.6 Å². The van der Waals surface area contributed by atoms with Gasteiger partial charge >= 0.3 is 0 Å². The number of carbonyl (C=O) groups is 1. The Hall–Kier alpha value is -3.43. The Morgan fingerprint density at radius 2 is 2.12 bits per heavy atom. The summed E-state index contributed by atoms with van der Waals surface area (Å²) in [7, 11) is 1.62. The van der Waals surface area contributed by atoms with Crippen LogP contribution >= 0.6 is 11.6 Å². The van der Waals surface area contributed by atoms with Gasteiger partial charge in [0.1, 0.15) is 6.61 Å². The van der Waals surface area contributed by atoms with E-state index >= 15 is 0 Å². The Kier molecular flexibility index (Phi) is 8.18. The first kappa shape index (κ1) is 23.2. The quantitative estimate of drug-likeness (QED) is 0.347. The second-order valence-corrected chi connectivity index (χ2v) is 7.10. The average Bonchev–Trinajstić information content (AvgIpc) is 2.79. The zero-order chi connectivity index (χ0) is 22.9. The molecule has 1 aromatic heterocycles. The lowest BCUT2D eigenvalue weighted by molar-refractivity contribution is -0.111. The van der Waals surface area contributed by atoms with Gasteiger partial charge in [-0.1, -0.05) is 18.2 Å². The summed E-state index contributed by atoms with van der Waals surface area (Å²) in [6, 6.07) is 4.76. The van der Waals surface area contributed by atoms with Crippen molar-refractivity contribution in [1.29, 1.82) is 0 Å². The minimum atomic E-state index is -0.654. The van der Waals surface area contributed by atoms with Crippen LogP contribution in [0, 0.1) is 5.82 Å². The molecule has 3 rings (SSSR count).